The van der Waals surface area contributed by atoms with E-state index < -0.39 is 65.1 Å². The van der Waals surface area contributed by atoms with Gasteiger partial charge >= 0.3 is 24.4 Å². The molecule has 9 aromatic rings. The summed E-state index contributed by atoms with van der Waals surface area (Å²) in [6, 6.07) is 49.2. The van der Waals surface area contributed by atoms with Crippen LogP contribution in [0.1, 0.15) is 95.2 Å². The van der Waals surface area contributed by atoms with E-state index in [1.54, 1.807) is 58.6 Å². The molecule has 88 heavy (non-hydrogen) atoms. The fourth-order valence-electron chi connectivity index (χ4n) is 11.1. The molecule has 1 unspecified atom stereocenters. The van der Waals surface area contributed by atoms with Gasteiger partial charge in [-0.05, 0) is 126 Å². The zero-order chi connectivity index (χ0) is 63.3. The van der Waals surface area contributed by atoms with Gasteiger partial charge in [-0.3, -0.25) is 0 Å². The fourth-order valence-corrected chi connectivity index (χ4v) is 11.1. The van der Waals surface area contributed by atoms with Crippen molar-refractivity contribution in [2.45, 2.75) is 136 Å². The Labute approximate surface area is 514 Å². The van der Waals surface area contributed by atoms with Crippen LogP contribution in [0.25, 0.3) is 65.4 Å². The second-order valence-corrected chi connectivity index (χ2v) is 26.4. The molecule has 17 nitrogen and oxygen atoms in total. The number of fused-ring (bicyclic) bond motifs is 9. The van der Waals surface area contributed by atoms with Crippen molar-refractivity contribution in [2.24, 2.45) is 0 Å². The normalized spacial score (nSPS) is 18.9. The predicted octanol–water partition coefficient (Wildman–Crippen LogP) is 14.9. The maximum Gasteiger partial charge on any atom is 0.509 e. The first-order valence-electron chi connectivity index (χ1n) is 30.0. The number of ether oxygens (including phenoxy) is 5. The molecule has 6 aromatic carbocycles. The van der Waals surface area contributed by atoms with Gasteiger partial charge in [0.2, 0.25) is 0 Å². The first-order valence-corrected chi connectivity index (χ1v) is 30.0. The number of aromatic amines is 1. The monoisotopic (exact) mass is 1200 g/mol. The molecule has 0 bridgehead atoms. The number of carbonyl (C=O) groups excluding carboxylic acids is 4. The van der Waals surface area contributed by atoms with Gasteiger partial charge in [0.25, 0.3) is 0 Å². The van der Waals surface area contributed by atoms with E-state index in [2.05, 4.69) is 119 Å². The molecule has 0 saturated carbocycles. The molecular weight excluding hydrogens is 1110 g/mol. The lowest BCUT2D eigenvalue weighted by Gasteiger charge is -2.40. The number of H-pyrrole nitrogens is 1. The van der Waals surface area contributed by atoms with Crippen LogP contribution in [0.15, 0.2) is 170 Å². The van der Waals surface area contributed by atoms with Crippen LogP contribution >= 0.6 is 0 Å². The number of carbonyl (C=O) groups is 4. The van der Waals surface area contributed by atoms with Gasteiger partial charge in [-0.25, -0.2) is 19.2 Å². The minimum absolute atomic E-state index is 0.0454. The van der Waals surface area contributed by atoms with Crippen molar-refractivity contribution in [1.82, 2.24) is 28.8 Å². The molecule has 3 N–H and O–H groups in total. The number of nitrogens with one attached hydrogen (secondary N) is 1. The van der Waals surface area contributed by atoms with E-state index in [0.717, 1.165) is 21.8 Å². The van der Waals surface area contributed by atoms with Gasteiger partial charge in [0.1, 0.15) is 34.6 Å². The second kappa shape index (κ2) is 26.3. The van der Waals surface area contributed by atoms with Crippen molar-refractivity contribution in [2.75, 3.05) is 39.3 Å². The highest BCUT2D eigenvalue weighted by Gasteiger charge is 2.40. The van der Waals surface area contributed by atoms with Crippen molar-refractivity contribution in [3.8, 4) is 0 Å². The Morgan fingerprint density at radius 1 is 0.420 bits per heavy atom. The highest BCUT2D eigenvalue weighted by Crippen LogP contribution is 2.37. The van der Waals surface area contributed by atoms with Crippen LogP contribution in [-0.4, -0.2) is 143 Å². The summed E-state index contributed by atoms with van der Waals surface area (Å²) in [5.41, 5.74) is 4.45. The van der Waals surface area contributed by atoms with Crippen LogP contribution in [0.4, 0.5) is 19.2 Å². The summed E-state index contributed by atoms with van der Waals surface area (Å²) in [5.74, 6) is 0. The zero-order valence-corrected chi connectivity index (χ0v) is 52.6. The summed E-state index contributed by atoms with van der Waals surface area (Å²) in [6.07, 6.45) is 3.28. The quantitative estimate of drug-likeness (QED) is 0.0867. The number of aliphatic hydroxyl groups is 2. The van der Waals surface area contributed by atoms with Crippen LogP contribution in [0.5, 0.6) is 0 Å². The molecule has 464 valence electrons. The number of hydrogen-bond acceptors (Lipinski definition) is 11. The van der Waals surface area contributed by atoms with E-state index in [1.165, 1.54) is 53.4 Å². The Morgan fingerprint density at radius 2 is 0.784 bits per heavy atom. The minimum atomic E-state index is -1.05. The molecule has 3 aromatic heterocycles. The molecule has 1 saturated heterocycles. The SMILES string of the molecule is CC(C)(C)OC(=O)N1CC=C[C@H](n2c3ccccc3c3ccccc32)C1.CC(C)(C)OC(=O)N1C[C@@H](O)[C@@H](O)[C@H](n2c3ccccc3c3ccccc32)C1.CC(C)(C)OC(=O)OC1C=CCN(C(=O)OC(C)(C)C)C1.c1ccc2c(c1)[nH]c1ccccc12. The molecule has 3 amide bonds. The summed E-state index contributed by atoms with van der Waals surface area (Å²) < 4.78 is 31.0. The summed E-state index contributed by atoms with van der Waals surface area (Å²) in [7, 11) is 0. The van der Waals surface area contributed by atoms with Gasteiger partial charge in [-0.2, -0.15) is 0 Å². The number of aliphatic hydroxyl groups excluding tert-OH is 2. The lowest BCUT2D eigenvalue weighted by molar-refractivity contribution is -0.0704. The topological polar surface area (TPSA) is 190 Å². The summed E-state index contributed by atoms with van der Waals surface area (Å²) in [4.78, 5) is 56.8. The molecule has 6 heterocycles. The van der Waals surface area contributed by atoms with Gasteiger partial charge in [-0.15, -0.1) is 0 Å². The van der Waals surface area contributed by atoms with Crippen LogP contribution in [0.3, 0.4) is 0 Å². The number of β-amino-alcohol motifs (C(OH)–C–C–N with tert-alkyl or cyclic N) is 1. The Bertz CT molecular complexity index is 3840. The van der Waals surface area contributed by atoms with Crippen LogP contribution in [-0.2, 0) is 23.7 Å². The summed E-state index contributed by atoms with van der Waals surface area (Å²) in [5, 5.41) is 28.6. The number of benzene rings is 6. The molecule has 3 aliphatic heterocycles. The van der Waals surface area contributed by atoms with E-state index >= 15 is 0 Å². The van der Waals surface area contributed by atoms with Crippen LogP contribution in [0.2, 0.25) is 0 Å². The van der Waals surface area contributed by atoms with Gasteiger partial charge in [0.05, 0.1) is 31.3 Å². The van der Waals surface area contributed by atoms with Gasteiger partial charge in [-0.1, -0.05) is 127 Å². The molecule has 0 aliphatic carbocycles. The number of likely N-dealkylation sites (tertiary alicyclic amines) is 1. The zero-order valence-electron chi connectivity index (χ0n) is 52.6. The Morgan fingerprint density at radius 3 is 1.22 bits per heavy atom. The molecule has 3 aliphatic rings. The lowest BCUT2D eigenvalue weighted by atomic mass is 9.99. The Kier molecular flexibility index (Phi) is 19.0. The minimum Gasteiger partial charge on any atom is -0.444 e. The van der Waals surface area contributed by atoms with E-state index in [4.69, 9.17) is 23.7 Å². The molecule has 0 radical (unpaired) electrons. The highest BCUT2D eigenvalue weighted by molar-refractivity contribution is 6.09. The maximum absolute atomic E-state index is 12.6. The number of aromatic nitrogens is 3. The molecule has 17 heteroatoms. The van der Waals surface area contributed by atoms with Crippen molar-refractivity contribution in [3.63, 3.8) is 0 Å². The standard InChI is InChI=1S/C22H26N2O4.C22H24N2O2.C15H25NO5.C12H9N/c1-22(2,3)28-21(27)23-12-18(20(26)19(25)13-23)24-16-10-6-4-8-14(16)15-9-5-7-11-17(15)24;1-22(2,3)26-21(25)23-14-8-9-16(15-23)24-19-12-6-4-10-17(19)18-11-5-7-13-20(18)24;1-14(2,3)20-12(17)16-9-7-8-11(10-16)19-13(18)21-15(4,5)6;1-3-7-11-9(5-1)10-6-2-4-8-12(10)13-11/h4-11,18-20,25-26H,12-13H2,1-3H3;4-13,16H,14-15H2,1-3H3;7-8,11H,9-10H2,1-6H3;1-8,13H/t18-,19-,20+;16-;;/m10../s1. The molecular formula is C71H84N6O11. The van der Waals surface area contributed by atoms with E-state index in [-0.39, 0.29) is 31.8 Å². The third-order valence-corrected chi connectivity index (χ3v) is 14.7. The average molecular weight is 1200 g/mol. The average Bonchev–Trinajstić information content (AvgIpc) is 2.33. The predicted molar refractivity (Wildman–Crippen MR) is 348 cm³/mol. The third-order valence-electron chi connectivity index (χ3n) is 14.7. The summed E-state index contributed by atoms with van der Waals surface area (Å²) in [6.45, 7) is 24.0. The number of nitrogens with zero attached hydrogens (tertiary/aromatic N) is 5. The number of rotatable bonds is 3. The Balaban J connectivity index is 0.000000144. The van der Waals surface area contributed by atoms with E-state index in [9.17, 15) is 29.4 Å². The third kappa shape index (κ3) is 15.7. The smallest absolute Gasteiger partial charge is 0.444 e. The van der Waals surface area contributed by atoms with Crippen molar-refractivity contribution < 1.29 is 53.1 Å². The maximum atomic E-state index is 12.6. The number of piperidine rings is 1. The molecule has 0 spiro atoms. The first-order chi connectivity index (χ1) is 41.6. The number of amides is 3. The van der Waals surface area contributed by atoms with Crippen LogP contribution < -0.4 is 0 Å². The summed E-state index contributed by atoms with van der Waals surface area (Å²) >= 11 is 0. The van der Waals surface area contributed by atoms with Crippen LogP contribution in [0, 0.1) is 0 Å². The van der Waals surface area contributed by atoms with Crippen molar-refractivity contribution in [1.29, 1.82) is 0 Å². The van der Waals surface area contributed by atoms with Gasteiger partial charge in [0.15, 0.2) is 0 Å². The highest BCUT2D eigenvalue weighted by atomic mass is 16.7. The molecule has 1 fully saturated rings. The molecule has 12 rings (SSSR count). The number of hydrogen-bond donors (Lipinski definition) is 3. The number of para-hydroxylation sites is 6. The van der Waals surface area contributed by atoms with E-state index in [0.29, 0.717) is 19.6 Å². The Hall–Kier alpha value is -8.80. The van der Waals surface area contributed by atoms with Gasteiger partial charge in [0, 0.05) is 91.6 Å². The second-order valence-electron chi connectivity index (χ2n) is 26.4. The first kappa shape index (κ1) is 63.7. The fraction of sp³-hybridized carbons (Fsp3) is 0.380. The van der Waals surface area contributed by atoms with Gasteiger partial charge < -0.3 is 62.7 Å². The largest absolute Gasteiger partial charge is 0.509 e. The van der Waals surface area contributed by atoms with Crippen molar-refractivity contribution in [3.05, 3.63) is 170 Å². The van der Waals surface area contributed by atoms with Crippen molar-refractivity contribution >= 4 is 89.9 Å². The lowest BCUT2D eigenvalue weighted by Crippen LogP contribution is -2.55. The molecule has 5 atom stereocenters. The van der Waals surface area contributed by atoms with E-state index in [1.807, 2.05) is 94.6 Å².